The fourth-order valence-electron chi connectivity index (χ4n) is 1.37. The molecule has 0 N–H and O–H groups in total. The minimum Gasteiger partial charge on any atom is -0.497 e. The largest absolute Gasteiger partial charge is 0.497 e. The molecule has 0 bridgehead atoms. The average molecular weight is 224 g/mol. The van der Waals surface area contributed by atoms with Crippen molar-refractivity contribution >= 4 is 0 Å². The molecule has 0 unspecified atom stereocenters. The van der Waals surface area contributed by atoms with Gasteiger partial charge in [0.05, 0.1) is 13.7 Å². The van der Waals surface area contributed by atoms with E-state index in [0.717, 1.165) is 11.5 Å². The van der Waals surface area contributed by atoms with Crippen molar-refractivity contribution in [2.24, 2.45) is 0 Å². The minimum atomic E-state index is 0.458. The highest BCUT2D eigenvalue weighted by Gasteiger charge is 2.05. The molecule has 0 amide bonds. The van der Waals surface area contributed by atoms with Crippen molar-refractivity contribution in [2.75, 3.05) is 27.4 Å². The number of hydrogen-bond acceptors (Lipinski definition) is 3. The van der Waals surface area contributed by atoms with Crippen molar-refractivity contribution in [3.63, 3.8) is 0 Å². The van der Waals surface area contributed by atoms with Gasteiger partial charge in [-0.3, -0.25) is 0 Å². The monoisotopic (exact) mass is 224 g/mol. The Morgan fingerprint density at radius 3 is 2.25 bits per heavy atom. The van der Waals surface area contributed by atoms with Gasteiger partial charge in [-0.05, 0) is 23.6 Å². The summed E-state index contributed by atoms with van der Waals surface area (Å²) in [5.41, 5.74) is 1.21. The Balaban J connectivity index is 2.78. The number of rotatable bonds is 6. The van der Waals surface area contributed by atoms with E-state index in [1.807, 2.05) is 18.2 Å². The highest BCUT2D eigenvalue weighted by atomic mass is 16.5. The predicted molar refractivity (Wildman–Crippen MR) is 64.5 cm³/mol. The molecule has 0 fully saturated rings. The van der Waals surface area contributed by atoms with Gasteiger partial charge in [-0.2, -0.15) is 0 Å². The summed E-state index contributed by atoms with van der Waals surface area (Å²) in [5.74, 6) is 2.12. The third-order valence-corrected chi connectivity index (χ3v) is 2.36. The van der Waals surface area contributed by atoms with E-state index in [1.54, 1.807) is 14.2 Å². The van der Waals surface area contributed by atoms with Gasteiger partial charge in [0.25, 0.3) is 0 Å². The second-order valence-corrected chi connectivity index (χ2v) is 3.94. The lowest BCUT2D eigenvalue weighted by molar-refractivity contribution is 0.146. The van der Waals surface area contributed by atoms with Crippen LogP contribution in [0.15, 0.2) is 18.2 Å². The van der Waals surface area contributed by atoms with Crippen LogP contribution in [0.2, 0.25) is 0 Å². The van der Waals surface area contributed by atoms with Crippen LogP contribution < -0.4 is 9.47 Å². The maximum Gasteiger partial charge on any atom is 0.123 e. The molecule has 0 saturated heterocycles. The van der Waals surface area contributed by atoms with Crippen LogP contribution in [-0.2, 0) is 4.74 Å². The van der Waals surface area contributed by atoms with Gasteiger partial charge >= 0.3 is 0 Å². The fourth-order valence-corrected chi connectivity index (χ4v) is 1.37. The Morgan fingerprint density at radius 1 is 1.00 bits per heavy atom. The summed E-state index contributed by atoms with van der Waals surface area (Å²) < 4.78 is 15.8. The van der Waals surface area contributed by atoms with Gasteiger partial charge in [0.15, 0.2) is 0 Å². The molecule has 0 radical (unpaired) electrons. The van der Waals surface area contributed by atoms with Gasteiger partial charge in [-0.15, -0.1) is 0 Å². The zero-order valence-corrected chi connectivity index (χ0v) is 10.4. The lowest BCUT2D eigenvalue weighted by Gasteiger charge is -2.12. The molecule has 1 aromatic rings. The fraction of sp³-hybridized carbons (Fsp3) is 0.538. The zero-order valence-electron chi connectivity index (χ0n) is 10.4. The lowest BCUT2D eigenvalue weighted by Crippen LogP contribution is -2.04. The van der Waals surface area contributed by atoms with Gasteiger partial charge < -0.3 is 14.2 Å². The van der Waals surface area contributed by atoms with Crippen molar-refractivity contribution in [1.82, 2.24) is 0 Å². The second kappa shape index (κ2) is 6.38. The third kappa shape index (κ3) is 3.74. The van der Waals surface area contributed by atoms with Gasteiger partial charge in [0, 0.05) is 13.2 Å². The molecule has 1 aromatic carbocycles. The summed E-state index contributed by atoms with van der Waals surface area (Å²) in [6.07, 6.45) is 0. The Kier molecular flexibility index (Phi) is 5.12. The minimum absolute atomic E-state index is 0.458. The summed E-state index contributed by atoms with van der Waals surface area (Å²) >= 11 is 0. The predicted octanol–water partition coefficient (Wildman–Crippen LogP) is 2.84. The van der Waals surface area contributed by atoms with E-state index in [1.165, 1.54) is 5.56 Å². The molecule has 0 saturated carbocycles. The SMILES string of the molecule is COCCOc1cc(OC)cc(C(C)C)c1. The second-order valence-electron chi connectivity index (χ2n) is 3.94. The number of ether oxygens (including phenoxy) is 3. The standard InChI is InChI=1S/C13H20O3/c1-10(2)11-7-12(15-4)9-13(8-11)16-6-5-14-3/h7-10H,5-6H2,1-4H3. The summed E-state index contributed by atoms with van der Waals surface area (Å²) in [7, 11) is 3.33. The van der Waals surface area contributed by atoms with Gasteiger partial charge in [0.2, 0.25) is 0 Å². The van der Waals surface area contributed by atoms with E-state index in [2.05, 4.69) is 13.8 Å². The summed E-state index contributed by atoms with van der Waals surface area (Å²) in [4.78, 5) is 0. The zero-order chi connectivity index (χ0) is 12.0. The van der Waals surface area contributed by atoms with Crippen molar-refractivity contribution in [3.05, 3.63) is 23.8 Å². The van der Waals surface area contributed by atoms with Crippen molar-refractivity contribution in [3.8, 4) is 11.5 Å². The summed E-state index contributed by atoms with van der Waals surface area (Å²) in [6.45, 7) is 5.44. The lowest BCUT2D eigenvalue weighted by atomic mass is 10.0. The van der Waals surface area contributed by atoms with E-state index >= 15 is 0 Å². The molecule has 0 atom stereocenters. The van der Waals surface area contributed by atoms with E-state index < -0.39 is 0 Å². The molecule has 0 aliphatic heterocycles. The first-order valence-electron chi connectivity index (χ1n) is 5.48. The Morgan fingerprint density at radius 2 is 1.69 bits per heavy atom. The molecule has 90 valence electrons. The Labute approximate surface area is 97.3 Å². The first-order chi connectivity index (χ1) is 7.67. The molecule has 3 heteroatoms. The normalized spacial score (nSPS) is 10.6. The molecule has 0 spiro atoms. The number of benzene rings is 1. The number of hydrogen-bond donors (Lipinski definition) is 0. The molecular formula is C13H20O3. The molecule has 1 rings (SSSR count). The average Bonchev–Trinajstić information content (AvgIpc) is 2.29. The van der Waals surface area contributed by atoms with Crippen LogP contribution in [-0.4, -0.2) is 27.4 Å². The molecule has 3 nitrogen and oxygen atoms in total. The van der Waals surface area contributed by atoms with E-state index in [4.69, 9.17) is 14.2 Å². The van der Waals surface area contributed by atoms with Crippen LogP contribution in [0.1, 0.15) is 25.3 Å². The van der Waals surface area contributed by atoms with Gasteiger partial charge in [-0.1, -0.05) is 13.8 Å². The molecule has 0 aliphatic carbocycles. The third-order valence-electron chi connectivity index (χ3n) is 2.36. The summed E-state index contributed by atoms with van der Waals surface area (Å²) in [5, 5.41) is 0. The first-order valence-corrected chi connectivity index (χ1v) is 5.48. The van der Waals surface area contributed by atoms with Crippen LogP contribution in [0.25, 0.3) is 0 Å². The van der Waals surface area contributed by atoms with Crippen LogP contribution in [0.4, 0.5) is 0 Å². The Bertz CT molecular complexity index is 321. The molecule has 0 aromatic heterocycles. The summed E-state index contributed by atoms with van der Waals surface area (Å²) in [6, 6.07) is 5.97. The van der Waals surface area contributed by atoms with Crippen LogP contribution in [0, 0.1) is 0 Å². The maximum atomic E-state index is 5.57. The number of methoxy groups -OCH3 is 2. The topological polar surface area (TPSA) is 27.7 Å². The first kappa shape index (κ1) is 12.8. The van der Waals surface area contributed by atoms with Gasteiger partial charge in [0.1, 0.15) is 18.1 Å². The van der Waals surface area contributed by atoms with Crippen LogP contribution in [0.5, 0.6) is 11.5 Å². The van der Waals surface area contributed by atoms with Crippen molar-refractivity contribution < 1.29 is 14.2 Å². The van der Waals surface area contributed by atoms with E-state index in [-0.39, 0.29) is 0 Å². The highest BCUT2D eigenvalue weighted by Crippen LogP contribution is 2.27. The smallest absolute Gasteiger partial charge is 0.123 e. The van der Waals surface area contributed by atoms with Crippen LogP contribution >= 0.6 is 0 Å². The van der Waals surface area contributed by atoms with Gasteiger partial charge in [-0.25, -0.2) is 0 Å². The molecular weight excluding hydrogens is 204 g/mol. The molecule has 0 aliphatic rings. The van der Waals surface area contributed by atoms with Crippen molar-refractivity contribution in [2.45, 2.75) is 19.8 Å². The van der Waals surface area contributed by atoms with Crippen LogP contribution in [0.3, 0.4) is 0 Å². The Hall–Kier alpha value is -1.22. The quantitative estimate of drug-likeness (QED) is 0.695. The maximum absolute atomic E-state index is 5.57. The molecule has 0 heterocycles. The van der Waals surface area contributed by atoms with Crippen molar-refractivity contribution in [1.29, 1.82) is 0 Å². The van der Waals surface area contributed by atoms with E-state index in [0.29, 0.717) is 19.1 Å². The highest BCUT2D eigenvalue weighted by molar-refractivity contribution is 5.39. The molecule has 16 heavy (non-hydrogen) atoms. The van der Waals surface area contributed by atoms with E-state index in [9.17, 15) is 0 Å².